The molecule has 0 unspecified atom stereocenters. The van der Waals surface area contributed by atoms with Crippen LogP contribution < -0.4 is 5.32 Å². The Morgan fingerprint density at radius 1 is 1.06 bits per heavy atom. The second-order valence-electron chi connectivity index (χ2n) is 8.25. The van der Waals surface area contributed by atoms with E-state index < -0.39 is 53.1 Å². The summed E-state index contributed by atoms with van der Waals surface area (Å²) in [6.07, 6.45) is 0.669. The van der Waals surface area contributed by atoms with Crippen molar-refractivity contribution in [3.8, 4) is 6.07 Å². The first-order valence-corrected chi connectivity index (χ1v) is 10.3. The van der Waals surface area contributed by atoms with Crippen molar-refractivity contribution in [3.05, 3.63) is 64.7 Å². The molecule has 3 atom stereocenters. The number of nitrogens with one attached hydrogen (secondary N) is 1. The molecular formula is C23H19F4N3O3. The van der Waals surface area contributed by atoms with Crippen molar-refractivity contribution in [2.75, 3.05) is 5.32 Å². The van der Waals surface area contributed by atoms with Crippen molar-refractivity contribution in [2.45, 2.75) is 49.8 Å². The Labute approximate surface area is 186 Å². The summed E-state index contributed by atoms with van der Waals surface area (Å²) in [5.41, 5.74) is -1.87. The number of nitriles is 1. The predicted octanol–water partition coefficient (Wildman–Crippen LogP) is 3.69. The third-order valence-electron chi connectivity index (χ3n) is 6.12. The zero-order valence-corrected chi connectivity index (χ0v) is 17.2. The Morgan fingerprint density at radius 3 is 2.33 bits per heavy atom. The molecule has 10 heteroatoms. The van der Waals surface area contributed by atoms with Gasteiger partial charge in [0.2, 0.25) is 0 Å². The van der Waals surface area contributed by atoms with E-state index in [2.05, 4.69) is 5.32 Å². The maximum atomic E-state index is 15.2. The fraction of sp³-hybridized carbons (Fsp3) is 0.348. The van der Waals surface area contributed by atoms with Gasteiger partial charge in [0.25, 0.3) is 11.8 Å². The molecular weight excluding hydrogens is 442 g/mol. The van der Waals surface area contributed by atoms with Crippen LogP contribution in [0.2, 0.25) is 0 Å². The molecule has 2 aromatic carbocycles. The number of aliphatic hydroxyl groups is 1. The number of piperidine rings is 1. The maximum Gasteiger partial charge on any atom is 0.352 e. The standard InChI is InChI=1S/C23H19F4N3O3/c24-19-6-2-14(7-13(19)11-28)29-21(32)12-1-5-20(25)18(8-12)23(26,27)22(33)30-15-3-4-16(30)10-17(31)9-15/h1-2,5-8,15-17,31H,3-4,9-10H2,(H,29,32)/t15-,16+,17+. The van der Waals surface area contributed by atoms with E-state index in [1.165, 1.54) is 6.07 Å². The van der Waals surface area contributed by atoms with Gasteiger partial charge in [-0.2, -0.15) is 14.0 Å². The van der Waals surface area contributed by atoms with E-state index >= 15 is 8.78 Å². The minimum atomic E-state index is -4.23. The molecule has 172 valence electrons. The van der Waals surface area contributed by atoms with Gasteiger partial charge in [-0.25, -0.2) is 8.78 Å². The smallest absolute Gasteiger partial charge is 0.352 e. The molecule has 2 saturated heterocycles. The van der Waals surface area contributed by atoms with Crippen molar-refractivity contribution in [1.29, 1.82) is 5.26 Å². The summed E-state index contributed by atoms with van der Waals surface area (Å²) in [4.78, 5) is 26.4. The summed E-state index contributed by atoms with van der Waals surface area (Å²) in [5.74, 6) is -8.83. The Kier molecular flexibility index (Phi) is 5.84. The Bertz CT molecular complexity index is 1150. The number of hydrogen-bond donors (Lipinski definition) is 2. The van der Waals surface area contributed by atoms with Gasteiger partial charge in [0.15, 0.2) is 0 Å². The molecule has 0 aromatic heterocycles. The average molecular weight is 461 g/mol. The number of benzene rings is 2. The van der Waals surface area contributed by atoms with Gasteiger partial charge in [0.1, 0.15) is 17.7 Å². The molecule has 2 aliphatic heterocycles. The van der Waals surface area contributed by atoms with E-state index in [1.54, 1.807) is 6.07 Å². The van der Waals surface area contributed by atoms with Crippen molar-refractivity contribution < 1.29 is 32.3 Å². The molecule has 0 radical (unpaired) electrons. The second-order valence-corrected chi connectivity index (χ2v) is 8.25. The van der Waals surface area contributed by atoms with E-state index in [-0.39, 0.29) is 29.7 Å². The van der Waals surface area contributed by atoms with Gasteiger partial charge in [-0.15, -0.1) is 0 Å². The van der Waals surface area contributed by atoms with Crippen molar-refractivity contribution in [2.24, 2.45) is 0 Å². The summed E-state index contributed by atoms with van der Waals surface area (Å²) in [7, 11) is 0. The number of aliphatic hydroxyl groups excluding tert-OH is 1. The quantitative estimate of drug-likeness (QED) is 0.680. The van der Waals surface area contributed by atoms with Crippen LogP contribution >= 0.6 is 0 Å². The van der Waals surface area contributed by atoms with E-state index in [0.717, 1.165) is 23.1 Å². The first kappa shape index (κ1) is 22.7. The van der Waals surface area contributed by atoms with Gasteiger partial charge >= 0.3 is 5.92 Å². The van der Waals surface area contributed by atoms with Gasteiger partial charge in [0, 0.05) is 23.3 Å². The number of carbonyl (C=O) groups excluding carboxylic acids is 2. The van der Waals surface area contributed by atoms with Crippen LogP contribution in [0.5, 0.6) is 0 Å². The molecule has 0 saturated carbocycles. The molecule has 2 aliphatic rings. The molecule has 2 N–H and O–H groups in total. The number of hydrogen-bond acceptors (Lipinski definition) is 4. The Hall–Kier alpha value is -3.45. The summed E-state index contributed by atoms with van der Waals surface area (Å²) in [5, 5.41) is 21.1. The average Bonchev–Trinajstić information content (AvgIpc) is 3.05. The van der Waals surface area contributed by atoms with Crippen LogP contribution in [0.15, 0.2) is 36.4 Å². The number of rotatable bonds is 4. The third-order valence-corrected chi connectivity index (χ3v) is 6.12. The molecule has 2 heterocycles. The number of fused-ring (bicyclic) bond motifs is 2. The van der Waals surface area contributed by atoms with Crippen molar-refractivity contribution in [3.63, 3.8) is 0 Å². The molecule has 2 aromatic rings. The molecule has 0 spiro atoms. The molecule has 33 heavy (non-hydrogen) atoms. The minimum absolute atomic E-state index is 0.0371. The lowest BCUT2D eigenvalue weighted by Gasteiger charge is -2.39. The summed E-state index contributed by atoms with van der Waals surface area (Å²) in [6.45, 7) is 0. The lowest BCUT2D eigenvalue weighted by Crippen LogP contribution is -2.53. The number of alkyl halides is 2. The lowest BCUT2D eigenvalue weighted by atomic mass is 9.96. The number of amides is 2. The summed E-state index contributed by atoms with van der Waals surface area (Å²) in [6, 6.07) is 5.99. The number of anilines is 1. The molecule has 2 fully saturated rings. The van der Waals surface area contributed by atoms with Crippen molar-refractivity contribution in [1.82, 2.24) is 4.90 Å². The third kappa shape index (κ3) is 4.16. The first-order chi connectivity index (χ1) is 15.6. The fourth-order valence-electron chi connectivity index (χ4n) is 4.56. The molecule has 4 rings (SSSR count). The zero-order valence-electron chi connectivity index (χ0n) is 17.2. The van der Waals surface area contributed by atoms with Gasteiger partial charge in [-0.3, -0.25) is 9.59 Å². The number of nitrogens with zero attached hydrogens (tertiary/aromatic N) is 2. The van der Waals surface area contributed by atoms with Gasteiger partial charge in [-0.05, 0) is 62.1 Å². The van der Waals surface area contributed by atoms with Gasteiger partial charge in [0.05, 0.1) is 17.2 Å². The first-order valence-electron chi connectivity index (χ1n) is 10.3. The summed E-state index contributed by atoms with van der Waals surface area (Å²) < 4.78 is 58.2. The van der Waals surface area contributed by atoms with E-state index in [9.17, 15) is 23.5 Å². The topological polar surface area (TPSA) is 93.4 Å². The minimum Gasteiger partial charge on any atom is -0.393 e. The molecule has 2 bridgehead atoms. The fourth-order valence-corrected chi connectivity index (χ4v) is 4.56. The highest BCUT2D eigenvalue weighted by atomic mass is 19.3. The number of halogens is 4. The molecule has 2 amide bonds. The Balaban J connectivity index is 1.59. The SMILES string of the molecule is N#Cc1cc(NC(=O)c2ccc(F)c(C(F)(F)C(=O)N3[C@@H]4CC[C@H]3C[C@@H](O)C4)c2)ccc1F. The second kappa shape index (κ2) is 8.48. The highest BCUT2D eigenvalue weighted by Gasteiger charge is 2.53. The van der Waals surface area contributed by atoms with Crippen LogP contribution in [0.4, 0.5) is 23.2 Å². The highest BCUT2D eigenvalue weighted by molar-refractivity contribution is 6.04. The van der Waals surface area contributed by atoms with Crippen LogP contribution in [0.1, 0.15) is 47.2 Å². The van der Waals surface area contributed by atoms with Crippen molar-refractivity contribution >= 4 is 17.5 Å². The largest absolute Gasteiger partial charge is 0.393 e. The van der Waals surface area contributed by atoms with E-state index in [1.807, 2.05) is 0 Å². The van der Waals surface area contributed by atoms with Gasteiger partial charge in [-0.1, -0.05) is 0 Å². The monoisotopic (exact) mass is 461 g/mol. The Morgan fingerprint density at radius 2 is 1.70 bits per heavy atom. The predicted molar refractivity (Wildman–Crippen MR) is 108 cm³/mol. The molecule has 0 aliphatic carbocycles. The maximum absolute atomic E-state index is 15.2. The highest BCUT2D eigenvalue weighted by Crippen LogP contribution is 2.41. The normalized spacial score (nSPS) is 22.1. The molecule has 6 nitrogen and oxygen atoms in total. The number of carbonyl (C=O) groups is 2. The van der Waals surface area contributed by atoms with Crippen LogP contribution in [-0.4, -0.2) is 40.0 Å². The lowest BCUT2D eigenvalue weighted by molar-refractivity contribution is -0.166. The van der Waals surface area contributed by atoms with Crippen LogP contribution in [0.25, 0.3) is 0 Å². The van der Waals surface area contributed by atoms with Gasteiger partial charge < -0.3 is 15.3 Å². The van der Waals surface area contributed by atoms with Crippen LogP contribution in [0.3, 0.4) is 0 Å². The zero-order chi connectivity index (χ0) is 23.9. The van der Waals surface area contributed by atoms with E-state index in [0.29, 0.717) is 25.0 Å². The van der Waals surface area contributed by atoms with E-state index in [4.69, 9.17) is 5.26 Å². The van der Waals surface area contributed by atoms with Crippen LogP contribution in [-0.2, 0) is 10.7 Å². The van der Waals surface area contributed by atoms with Crippen LogP contribution in [0, 0.1) is 23.0 Å². The summed E-state index contributed by atoms with van der Waals surface area (Å²) >= 11 is 0.